The van der Waals surface area contributed by atoms with E-state index in [0.29, 0.717) is 17.1 Å². The molecule has 206 valence electrons. The molecule has 0 amide bonds. The first kappa shape index (κ1) is 27.3. The number of nitrogens with one attached hydrogen (secondary N) is 3. The lowest BCUT2D eigenvalue weighted by Crippen LogP contribution is -2.36. The van der Waals surface area contributed by atoms with E-state index in [1.165, 1.54) is 7.11 Å². The molecule has 1 atom stereocenters. The highest BCUT2D eigenvalue weighted by Gasteiger charge is 2.26. The van der Waals surface area contributed by atoms with Gasteiger partial charge in [-0.1, -0.05) is 24.3 Å². The zero-order valence-electron chi connectivity index (χ0n) is 22.4. The van der Waals surface area contributed by atoms with Crippen molar-refractivity contribution >= 4 is 52.8 Å². The third-order valence-electron chi connectivity index (χ3n) is 7.51. The van der Waals surface area contributed by atoms with Gasteiger partial charge in [-0.25, -0.2) is 4.98 Å². The minimum Gasteiger partial charge on any atom is -0.469 e. The number of aromatic nitrogens is 4. The summed E-state index contributed by atoms with van der Waals surface area (Å²) in [5.41, 5.74) is 5.21. The van der Waals surface area contributed by atoms with Crippen molar-refractivity contribution < 1.29 is 9.53 Å². The van der Waals surface area contributed by atoms with Gasteiger partial charge in [0, 0.05) is 30.4 Å². The van der Waals surface area contributed by atoms with E-state index in [4.69, 9.17) is 9.72 Å². The average molecular weight is 557 g/mol. The smallest absolute Gasteiger partial charge is 0.308 e. The number of piperidine rings is 1. The summed E-state index contributed by atoms with van der Waals surface area (Å²) in [6.45, 7) is 3.57. The quantitative estimate of drug-likeness (QED) is 0.248. The van der Waals surface area contributed by atoms with Crippen molar-refractivity contribution in [2.75, 3.05) is 30.4 Å². The summed E-state index contributed by atoms with van der Waals surface area (Å²) in [7, 11) is 1.44. The molecule has 4 heterocycles. The van der Waals surface area contributed by atoms with Crippen molar-refractivity contribution in [1.82, 2.24) is 19.9 Å². The molecule has 0 radical (unpaired) electrons. The fraction of sp³-hybridized carbons (Fsp3) is 0.267. The molecule has 10 heteroatoms. The van der Waals surface area contributed by atoms with Crippen LogP contribution < -0.4 is 15.8 Å². The van der Waals surface area contributed by atoms with E-state index in [0.717, 1.165) is 59.2 Å². The van der Waals surface area contributed by atoms with Crippen molar-refractivity contribution in [3.63, 3.8) is 0 Å². The second-order valence-corrected chi connectivity index (χ2v) is 9.94. The van der Waals surface area contributed by atoms with Gasteiger partial charge in [0.15, 0.2) is 0 Å². The third kappa shape index (κ3) is 5.14. The Labute approximate surface area is 238 Å². The largest absolute Gasteiger partial charge is 0.469 e. The maximum Gasteiger partial charge on any atom is 0.308 e. The van der Waals surface area contributed by atoms with Crippen molar-refractivity contribution in [2.24, 2.45) is 5.92 Å². The number of carbonyl (C=O) groups is 1. The molecule has 40 heavy (non-hydrogen) atoms. The molecule has 1 fully saturated rings. The fourth-order valence-electron chi connectivity index (χ4n) is 5.39. The van der Waals surface area contributed by atoms with Crippen LogP contribution in [0.2, 0.25) is 0 Å². The lowest BCUT2D eigenvalue weighted by atomic mass is 9.96. The third-order valence-corrected chi connectivity index (χ3v) is 7.51. The first-order valence-electron chi connectivity index (χ1n) is 13.2. The monoisotopic (exact) mass is 556 g/mol. The maximum absolute atomic E-state index is 13.5. The zero-order valence-corrected chi connectivity index (χ0v) is 23.4. The predicted octanol–water partition coefficient (Wildman–Crippen LogP) is 5.14. The van der Waals surface area contributed by atoms with E-state index in [1.54, 1.807) is 6.20 Å². The number of ether oxygens (including phenoxy) is 1. The van der Waals surface area contributed by atoms with Crippen molar-refractivity contribution in [3.8, 4) is 11.4 Å². The molecule has 5 aromatic rings. The zero-order chi connectivity index (χ0) is 26.9. The van der Waals surface area contributed by atoms with Crippen molar-refractivity contribution in [1.29, 1.82) is 0 Å². The number of hydrogen-bond acceptors (Lipinski definition) is 7. The normalized spacial score (nSPS) is 14.6. The highest BCUT2D eigenvalue weighted by atomic mass is 32.1. The lowest BCUT2D eigenvalue weighted by molar-refractivity contribution is -0.146. The second kappa shape index (κ2) is 11.4. The summed E-state index contributed by atoms with van der Waals surface area (Å²) in [6, 6.07) is 19.5. The van der Waals surface area contributed by atoms with Crippen LogP contribution in [0, 0.1) is 5.92 Å². The Morgan fingerprint density at radius 1 is 1.05 bits per heavy atom. The van der Waals surface area contributed by atoms with Gasteiger partial charge < -0.3 is 24.9 Å². The van der Waals surface area contributed by atoms with E-state index in [1.807, 2.05) is 61.5 Å². The Bertz CT molecular complexity index is 1710. The summed E-state index contributed by atoms with van der Waals surface area (Å²) in [5.74, 6) is 0.313. The lowest BCUT2D eigenvalue weighted by Gasteiger charge is -2.32. The van der Waals surface area contributed by atoms with Gasteiger partial charge in [0.1, 0.15) is 11.4 Å². The molecule has 0 unspecified atom stereocenters. The first-order valence-corrected chi connectivity index (χ1v) is 13.2. The molecule has 3 N–H and O–H groups in total. The number of para-hydroxylation sites is 1. The SMILES string of the molecule is COC(=O)C1CCN(c2ccc3nc(-c4c(N[C@@H](C)c5ccccn5)c5ccccc5[nH]c4=O)[nH]c3c2)CC1.S. The topological polar surface area (TPSA) is 116 Å². The molecule has 1 aliphatic heterocycles. The van der Waals surface area contributed by atoms with Gasteiger partial charge in [-0.3, -0.25) is 14.6 Å². The number of imidazole rings is 1. The highest BCUT2D eigenvalue weighted by Crippen LogP contribution is 2.34. The number of nitrogens with zero attached hydrogens (tertiary/aromatic N) is 3. The van der Waals surface area contributed by atoms with Gasteiger partial charge in [0.2, 0.25) is 0 Å². The number of benzene rings is 2. The summed E-state index contributed by atoms with van der Waals surface area (Å²) in [4.78, 5) is 43.4. The van der Waals surface area contributed by atoms with E-state index < -0.39 is 0 Å². The van der Waals surface area contributed by atoms with Gasteiger partial charge in [-0.05, 0) is 56.2 Å². The van der Waals surface area contributed by atoms with Crippen LogP contribution in [0.4, 0.5) is 11.4 Å². The summed E-state index contributed by atoms with van der Waals surface area (Å²) in [6.07, 6.45) is 3.28. The van der Waals surface area contributed by atoms with Gasteiger partial charge in [-0.15, -0.1) is 0 Å². The number of carbonyl (C=O) groups excluding carboxylic acids is 1. The number of aromatic amines is 2. The number of anilines is 2. The van der Waals surface area contributed by atoms with Crippen LogP contribution in [-0.2, 0) is 9.53 Å². The maximum atomic E-state index is 13.5. The molecular formula is C30H32N6O3S. The number of esters is 1. The number of fused-ring (bicyclic) bond motifs is 2. The average Bonchev–Trinajstić information content (AvgIpc) is 3.40. The van der Waals surface area contributed by atoms with Crippen LogP contribution in [0.3, 0.4) is 0 Å². The van der Waals surface area contributed by atoms with Crippen LogP contribution in [0.5, 0.6) is 0 Å². The molecule has 0 aliphatic carbocycles. The summed E-state index contributed by atoms with van der Waals surface area (Å²) in [5, 5.41) is 4.44. The molecule has 0 saturated carbocycles. The van der Waals surface area contributed by atoms with Gasteiger partial charge >= 0.3 is 5.97 Å². The van der Waals surface area contributed by atoms with E-state index in [2.05, 4.69) is 31.2 Å². The Morgan fingerprint density at radius 3 is 2.58 bits per heavy atom. The Kier molecular flexibility index (Phi) is 7.79. The van der Waals surface area contributed by atoms with Crippen molar-refractivity contribution in [3.05, 3.63) is 82.9 Å². The Hall–Kier alpha value is -4.31. The highest BCUT2D eigenvalue weighted by molar-refractivity contribution is 7.59. The Balaban J connectivity index is 0.00000323. The number of methoxy groups -OCH3 is 1. The van der Waals surface area contributed by atoms with Crippen LogP contribution in [0.1, 0.15) is 31.5 Å². The van der Waals surface area contributed by atoms with Crippen LogP contribution >= 0.6 is 13.5 Å². The summed E-state index contributed by atoms with van der Waals surface area (Å²) >= 11 is 0. The molecule has 6 rings (SSSR count). The number of pyridine rings is 2. The van der Waals surface area contributed by atoms with Crippen LogP contribution in [-0.4, -0.2) is 46.1 Å². The second-order valence-electron chi connectivity index (χ2n) is 9.94. The van der Waals surface area contributed by atoms with Crippen LogP contribution in [0.25, 0.3) is 33.3 Å². The minimum atomic E-state index is -0.228. The fourth-order valence-corrected chi connectivity index (χ4v) is 5.39. The molecule has 2 aromatic carbocycles. The Morgan fingerprint density at radius 2 is 1.82 bits per heavy atom. The van der Waals surface area contributed by atoms with Crippen molar-refractivity contribution in [2.45, 2.75) is 25.8 Å². The van der Waals surface area contributed by atoms with Gasteiger partial charge in [0.25, 0.3) is 5.56 Å². The van der Waals surface area contributed by atoms with E-state index >= 15 is 0 Å². The summed E-state index contributed by atoms with van der Waals surface area (Å²) < 4.78 is 4.92. The molecule has 1 saturated heterocycles. The first-order chi connectivity index (χ1) is 19.0. The van der Waals surface area contributed by atoms with Gasteiger partial charge in [-0.2, -0.15) is 13.5 Å². The molecule has 3 aromatic heterocycles. The molecule has 0 bridgehead atoms. The molecular weight excluding hydrogens is 524 g/mol. The molecule has 9 nitrogen and oxygen atoms in total. The predicted molar refractivity (Wildman–Crippen MR) is 163 cm³/mol. The van der Waals surface area contributed by atoms with Gasteiger partial charge in [0.05, 0.1) is 47.0 Å². The number of H-pyrrole nitrogens is 2. The van der Waals surface area contributed by atoms with Crippen LogP contribution in [0.15, 0.2) is 71.7 Å². The standard InChI is InChI=1S/C30H30N6O3.H2S/c1-18(22-8-5-6-14-31-22)32-27-21-7-3-4-9-23(21)35-29(37)26(27)28-33-24-11-10-20(17-25(24)34-28)36-15-12-19(13-16-36)30(38)39-2;/h3-11,14,17-19H,12-13,15-16H2,1-2H3,(H,33,34)(H2,32,35,37);1H2/t18-;/m0./s1. The number of hydrogen-bond donors (Lipinski definition) is 3. The van der Waals surface area contributed by atoms with E-state index in [-0.39, 0.29) is 37.0 Å². The van der Waals surface area contributed by atoms with E-state index in [9.17, 15) is 9.59 Å². The molecule has 0 spiro atoms. The minimum absolute atomic E-state index is 0. The molecule has 1 aliphatic rings. The number of rotatable bonds is 6.